The van der Waals surface area contributed by atoms with E-state index in [2.05, 4.69) is 28.4 Å². The second-order valence-corrected chi connectivity index (χ2v) is 8.02. The van der Waals surface area contributed by atoms with E-state index in [0.717, 1.165) is 38.9 Å². The highest BCUT2D eigenvalue weighted by Gasteiger charge is 2.21. The molecule has 0 unspecified atom stereocenters. The van der Waals surface area contributed by atoms with Crippen LogP contribution in [0, 0.1) is 0 Å². The normalized spacial score (nSPS) is 16.5. The summed E-state index contributed by atoms with van der Waals surface area (Å²) in [5.41, 5.74) is 0.471. The molecule has 1 heterocycles. The summed E-state index contributed by atoms with van der Waals surface area (Å²) in [5.74, 6) is -0.156. The maximum Gasteiger partial charge on any atom is 0.251 e. The predicted molar refractivity (Wildman–Crippen MR) is 99.0 cm³/mol. The van der Waals surface area contributed by atoms with E-state index in [-0.39, 0.29) is 23.4 Å². The number of nitrogens with one attached hydrogen (secondary N) is 2. The Morgan fingerprint density at radius 3 is 2.48 bits per heavy atom. The molecule has 0 radical (unpaired) electrons. The van der Waals surface area contributed by atoms with Gasteiger partial charge in [-0.1, -0.05) is 13.0 Å². The third-order valence-corrected chi connectivity index (χ3v) is 5.75. The fourth-order valence-corrected chi connectivity index (χ4v) is 3.92. The summed E-state index contributed by atoms with van der Waals surface area (Å²) < 4.78 is 26.4. The van der Waals surface area contributed by atoms with Crippen molar-refractivity contribution >= 4 is 15.9 Å². The van der Waals surface area contributed by atoms with Crippen LogP contribution in [-0.2, 0) is 10.0 Å². The molecule has 0 saturated carbocycles. The largest absolute Gasteiger partial charge is 0.349 e. The first-order chi connectivity index (χ1) is 12.0. The molecule has 1 amide bonds. The van der Waals surface area contributed by atoms with Gasteiger partial charge in [0.05, 0.1) is 4.90 Å². The van der Waals surface area contributed by atoms with Crippen molar-refractivity contribution in [2.45, 2.75) is 37.1 Å². The summed E-state index contributed by atoms with van der Waals surface area (Å²) in [4.78, 5) is 14.9. The molecule has 138 valence electrons. The number of likely N-dealkylation sites (tertiary alicyclic amines) is 1. The van der Waals surface area contributed by atoms with E-state index in [0.29, 0.717) is 5.56 Å². The molecule has 0 atom stereocenters. The lowest BCUT2D eigenvalue weighted by Crippen LogP contribution is -2.44. The first-order valence-corrected chi connectivity index (χ1v) is 10.2. The zero-order valence-electron chi connectivity index (χ0n) is 14.7. The van der Waals surface area contributed by atoms with Gasteiger partial charge in [0.2, 0.25) is 10.0 Å². The van der Waals surface area contributed by atoms with E-state index in [1.54, 1.807) is 12.1 Å². The average Bonchev–Trinajstić information content (AvgIpc) is 2.62. The molecule has 25 heavy (non-hydrogen) atoms. The molecular weight excluding hydrogens is 338 g/mol. The van der Waals surface area contributed by atoms with Crippen molar-refractivity contribution in [1.82, 2.24) is 14.9 Å². The van der Waals surface area contributed by atoms with E-state index in [1.807, 2.05) is 0 Å². The van der Waals surface area contributed by atoms with Gasteiger partial charge in [0.1, 0.15) is 0 Å². The second kappa shape index (κ2) is 9.12. The molecule has 6 nitrogen and oxygen atoms in total. The number of hydrogen-bond donors (Lipinski definition) is 2. The summed E-state index contributed by atoms with van der Waals surface area (Å²) in [6.45, 7) is 8.94. The Kier molecular flexibility index (Phi) is 7.16. The van der Waals surface area contributed by atoms with Gasteiger partial charge < -0.3 is 10.2 Å². The van der Waals surface area contributed by atoms with Gasteiger partial charge in [-0.25, -0.2) is 13.1 Å². The molecule has 1 aliphatic heterocycles. The van der Waals surface area contributed by atoms with Crippen LogP contribution in [0.15, 0.2) is 41.8 Å². The van der Waals surface area contributed by atoms with E-state index < -0.39 is 10.0 Å². The highest BCUT2D eigenvalue weighted by molar-refractivity contribution is 7.89. The van der Waals surface area contributed by atoms with Crippen LogP contribution in [0.2, 0.25) is 0 Å². The highest BCUT2D eigenvalue weighted by atomic mass is 32.2. The highest BCUT2D eigenvalue weighted by Crippen LogP contribution is 2.13. The van der Waals surface area contributed by atoms with E-state index >= 15 is 0 Å². The molecule has 1 fully saturated rings. The Balaban J connectivity index is 1.91. The number of rotatable bonds is 8. The molecule has 2 N–H and O–H groups in total. The second-order valence-electron chi connectivity index (χ2n) is 6.25. The summed E-state index contributed by atoms with van der Waals surface area (Å²) in [5, 5.41) is 3.05. The van der Waals surface area contributed by atoms with Crippen LogP contribution >= 0.6 is 0 Å². The van der Waals surface area contributed by atoms with E-state index in [4.69, 9.17) is 0 Å². The van der Waals surface area contributed by atoms with Gasteiger partial charge in [-0.3, -0.25) is 4.79 Å². The molecular formula is C18H27N3O3S. The van der Waals surface area contributed by atoms with Crippen molar-refractivity contribution < 1.29 is 13.2 Å². The Hall–Kier alpha value is -1.70. The predicted octanol–water partition coefficient (Wildman–Crippen LogP) is 1.76. The quantitative estimate of drug-likeness (QED) is 0.688. The van der Waals surface area contributed by atoms with Crippen LogP contribution in [0.25, 0.3) is 0 Å². The lowest BCUT2D eigenvalue weighted by molar-refractivity contribution is 0.0911. The summed E-state index contributed by atoms with van der Waals surface area (Å²) in [6, 6.07) is 6.17. The molecule has 0 aromatic heterocycles. The summed E-state index contributed by atoms with van der Waals surface area (Å²) in [7, 11) is -3.56. The fourth-order valence-electron chi connectivity index (χ4n) is 2.92. The summed E-state index contributed by atoms with van der Waals surface area (Å²) >= 11 is 0. The van der Waals surface area contributed by atoms with Crippen molar-refractivity contribution in [1.29, 1.82) is 0 Å². The molecule has 0 aliphatic carbocycles. The van der Waals surface area contributed by atoms with Gasteiger partial charge >= 0.3 is 0 Å². The minimum absolute atomic E-state index is 0.138. The first kappa shape index (κ1) is 19.6. The van der Waals surface area contributed by atoms with Crippen LogP contribution in [0.1, 0.15) is 36.5 Å². The van der Waals surface area contributed by atoms with Gasteiger partial charge in [-0.15, -0.1) is 6.58 Å². The molecule has 0 spiro atoms. The van der Waals surface area contributed by atoms with Crippen molar-refractivity contribution in [2.75, 3.05) is 26.2 Å². The molecule has 0 bridgehead atoms. The van der Waals surface area contributed by atoms with E-state index in [9.17, 15) is 13.2 Å². The third kappa shape index (κ3) is 5.66. The third-order valence-electron chi connectivity index (χ3n) is 4.31. The number of piperidine rings is 1. The fraction of sp³-hybridized carbons (Fsp3) is 0.500. The van der Waals surface area contributed by atoms with Crippen LogP contribution in [0.5, 0.6) is 0 Å². The first-order valence-electron chi connectivity index (χ1n) is 8.70. The van der Waals surface area contributed by atoms with Crippen molar-refractivity contribution in [2.24, 2.45) is 0 Å². The summed E-state index contributed by atoms with van der Waals surface area (Å²) in [6.07, 6.45) is 4.52. The maximum absolute atomic E-state index is 12.4. The number of sulfonamides is 1. The van der Waals surface area contributed by atoms with Crippen LogP contribution in [-0.4, -0.2) is 51.4 Å². The number of carbonyl (C=O) groups is 1. The number of nitrogens with zero attached hydrogens (tertiary/aromatic N) is 1. The van der Waals surface area contributed by atoms with Crippen LogP contribution in [0.3, 0.4) is 0 Å². The SMILES string of the molecule is C=CCNS(=O)(=O)c1ccc(C(=O)NC2CCN(CCC)CC2)cc1. The molecule has 1 aromatic rings. The zero-order chi connectivity index (χ0) is 18.3. The maximum atomic E-state index is 12.4. The Morgan fingerprint density at radius 2 is 1.92 bits per heavy atom. The standard InChI is InChI=1S/C18H27N3O3S/c1-3-11-19-25(23,24)17-7-5-15(6-8-17)18(22)20-16-9-13-21(12-4-2)14-10-16/h3,5-8,16,19H,1,4,9-14H2,2H3,(H,20,22). The lowest BCUT2D eigenvalue weighted by Gasteiger charge is -2.32. The smallest absolute Gasteiger partial charge is 0.251 e. The molecule has 1 aliphatic rings. The average molecular weight is 365 g/mol. The van der Waals surface area contributed by atoms with Gasteiger partial charge in [0.15, 0.2) is 0 Å². The van der Waals surface area contributed by atoms with Gasteiger partial charge in [-0.2, -0.15) is 0 Å². The van der Waals surface area contributed by atoms with Gasteiger partial charge in [-0.05, 0) is 50.1 Å². The molecule has 1 saturated heterocycles. The monoisotopic (exact) mass is 365 g/mol. The zero-order valence-corrected chi connectivity index (χ0v) is 15.5. The lowest BCUT2D eigenvalue weighted by atomic mass is 10.0. The van der Waals surface area contributed by atoms with Crippen LogP contribution < -0.4 is 10.0 Å². The molecule has 1 aromatic carbocycles. The van der Waals surface area contributed by atoms with Gasteiger partial charge in [0, 0.05) is 31.2 Å². The Morgan fingerprint density at radius 1 is 1.28 bits per heavy atom. The topological polar surface area (TPSA) is 78.5 Å². The number of amides is 1. The number of carbonyl (C=O) groups excluding carboxylic acids is 1. The minimum Gasteiger partial charge on any atom is -0.349 e. The van der Waals surface area contributed by atoms with Crippen molar-refractivity contribution in [3.8, 4) is 0 Å². The Bertz CT molecular complexity index is 678. The minimum atomic E-state index is -3.56. The number of hydrogen-bond acceptors (Lipinski definition) is 4. The van der Waals surface area contributed by atoms with Crippen LogP contribution in [0.4, 0.5) is 0 Å². The number of benzene rings is 1. The van der Waals surface area contributed by atoms with Crippen molar-refractivity contribution in [3.63, 3.8) is 0 Å². The van der Waals surface area contributed by atoms with E-state index in [1.165, 1.54) is 18.2 Å². The molecule has 7 heteroatoms. The van der Waals surface area contributed by atoms with Crippen molar-refractivity contribution in [3.05, 3.63) is 42.5 Å². The van der Waals surface area contributed by atoms with Gasteiger partial charge in [0.25, 0.3) is 5.91 Å². The molecule has 2 rings (SSSR count). The Labute approximate surface area is 150 Å².